The highest BCUT2D eigenvalue weighted by Crippen LogP contribution is 2.22. The summed E-state index contributed by atoms with van der Waals surface area (Å²) in [6, 6.07) is 15.0. The van der Waals surface area contributed by atoms with Gasteiger partial charge in [0.25, 0.3) is 5.91 Å². The smallest absolute Gasteiger partial charge is 0.251 e. The molecule has 27 heavy (non-hydrogen) atoms. The van der Waals surface area contributed by atoms with Crippen molar-refractivity contribution in [3.05, 3.63) is 58.6 Å². The van der Waals surface area contributed by atoms with Crippen LogP contribution in [0.15, 0.2) is 53.0 Å². The Hall–Kier alpha value is -2.54. The summed E-state index contributed by atoms with van der Waals surface area (Å²) >= 11 is 3.34. The quantitative estimate of drug-likeness (QED) is 0.789. The third-order valence-corrected chi connectivity index (χ3v) is 5.09. The van der Waals surface area contributed by atoms with Crippen LogP contribution in [0.5, 0.6) is 5.75 Å². The maximum absolute atomic E-state index is 12.4. The summed E-state index contributed by atoms with van der Waals surface area (Å²) in [6.45, 7) is 2.77. The van der Waals surface area contributed by atoms with Crippen LogP contribution < -0.4 is 15.0 Å². The van der Waals surface area contributed by atoms with Crippen LogP contribution >= 0.6 is 15.9 Å². The van der Waals surface area contributed by atoms with E-state index in [9.17, 15) is 9.59 Å². The fourth-order valence-corrected chi connectivity index (χ4v) is 3.26. The van der Waals surface area contributed by atoms with Gasteiger partial charge in [0.2, 0.25) is 5.91 Å². The van der Waals surface area contributed by atoms with E-state index in [1.165, 1.54) is 0 Å². The van der Waals surface area contributed by atoms with Gasteiger partial charge in [-0.25, -0.2) is 0 Å². The average molecular weight is 432 g/mol. The molecule has 0 saturated carbocycles. The van der Waals surface area contributed by atoms with Crippen molar-refractivity contribution >= 4 is 33.4 Å². The first-order valence-electron chi connectivity index (χ1n) is 8.77. The average Bonchev–Trinajstić information content (AvgIpc) is 2.72. The number of halogens is 1. The molecule has 1 aliphatic rings. The number of ether oxygens (including phenoxy) is 1. The van der Waals surface area contributed by atoms with Gasteiger partial charge in [-0.1, -0.05) is 22.0 Å². The lowest BCUT2D eigenvalue weighted by atomic mass is 10.2. The SMILES string of the molecule is COc1cccc(N2CCN(C(=O)CNC(=O)c3ccc(Br)cc3)CC2)c1. The third-order valence-electron chi connectivity index (χ3n) is 4.56. The molecular formula is C20H22BrN3O3. The van der Waals surface area contributed by atoms with Gasteiger partial charge in [0.05, 0.1) is 13.7 Å². The predicted molar refractivity (Wildman–Crippen MR) is 108 cm³/mol. The number of benzene rings is 2. The van der Waals surface area contributed by atoms with Crippen molar-refractivity contribution in [2.45, 2.75) is 0 Å². The van der Waals surface area contributed by atoms with Crippen LogP contribution in [0.1, 0.15) is 10.4 Å². The van der Waals surface area contributed by atoms with E-state index in [0.717, 1.165) is 29.0 Å². The monoisotopic (exact) mass is 431 g/mol. The molecular weight excluding hydrogens is 410 g/mol. The van der Waals surface area contributed by atoms with E-state index in [4.69, 9.17) is 4.74 Å². The molecule has 0 radical (unpaired) electrons. The molecule has 0 atom stereocenters. The first kappa shape index (κ1) is 19.2. The van der Waals surface area contributed by atoms with E-state index in [0.29, 0.717) is 18.7 Å². The molecule has 0 aliphatic carbocycles. The molecule has 0 aromatic heterocycles. The van der Waals surface area contributed by atoms with E-state index in [1.54, 1.807) is 36.3 Å². The number of nitrogens with zero attached hydrogens (tertiary/aromatic N) is 2. The number of hydrogen-bond acceptors (Lipinski definition) is 4. The molecule has 7 heteroatoms. The van der Waals surface area contributed by atoms with Crippen LogP contribution in [-0.4, -0.2) is 56.5 Å². The summed E-state index contributed by atoms with van der Waals surface area (Å²) in [4.78, 5) is 28.5. The second-order valence-corrected chi connectivity index (χ2v) is 7.17. The minimum Gasteiger partial charge on any atom is -0.497 e. The zero-order chi connectivity index (χ0) is 19.2. The van der Waals surface area contributed by atoms with Gasteiger partial charge in [-0.15, -0.1) is 0 Å². The highest BCUT2D eigenvalue weighted by atomic mass is 79.9. The lowest BCUT2D eigenvalue weighted by molar-refractivity contribution is -0.130. The summed E-state index contributed by atoms with van der Waals surface area (Å²) in [5, 5.41) is 2.70. The summed E-state index contributed by atoms with van der Waals surface area (Å²) < 4.78 is 6.17. The minimum absolute atomic E-state index is 0.00799. The maximum Gasteiger partial charge on any atom is 0.251 e. The van der Waals surface area contributed by atoms with Gasteiger partial charge in [0.1, 0.15) is 5.75 Å². The number of hydrogen-bond donors (Lipinski definition) is 1. The number of piperazine rings is 1. The molecule has 3 rings (SSSR count). The van der Waals surface area contributed by atoms with Crippen LogP contribution in [0.3, 0.4) is 0 Å². The molecule has 0 unspecified atom stereocenters. The largest absolute Gasteiger partial charge is 0.497 e. The van der Waals surface area contributed by atoms with E-state index in [2.05, 4.69) is 26.1 Å². The molecule has 1 fully saturated rings. The Morgan fingerprint density at radius 3 is 2.44 bits per heavy atom. The summed E-state index contributed by atoms with van der Waals surface area (Å²) in [7, 11) is 1.65. The van der Waals surface area contributed by atoms with Crippen molar-refractivity contribution in [1.29, 1.82) is 0 Å². The molecule has 1 N–H and O–H groups in total. The van der Waals surface area contributed by atoms with Gasteiger partial charge in [-0.05, 0) is 36.4 Å². The summed E-state index contributed by atoms with van der Waals surface area (Å²) in [6.07, 6.45) is 0. The normalized spacial score (nSPS) is 14.0. The molecule has 2 amide bonds. The maximum atomic E-state index is 12.4. The molecule has 2 aromatic carbocycles. The Kier molecular flexibility index (Phi) is 6.34. The predicted octanol–water partition coefficient (Wildman–Crippen LogP) is 2.54. The number of methoxy groups -OCH3 is 1. The first-order valence-corrected chi connectivity index (χ1v) is 9.56. The fraction of sp³-hybridized carbons (Fsp3) is 0.300. The van der Waals surface area contributed by atoms with Crippen LogP contribution in [0.4, 0.5) is 5.69 Å². The fourth-order valence-electron chi connectivity index (χ4n) is 2.99. The molecule has 1 heterocycles. The van der Waals surface area contributed by atoms with E-state index < -0.39 is 0 Å². The Labute approximate surface area is 167 Å². The lowest BCUT2D eigenvalue weighted by Gasteiger charge is -2.36. The van der Waals surface area contributed by atoms with Crippen molar-refractivity contribution in [1.82, 2.24) is 10.2 Å². The van der Waals surface area contributed by atoms with Crippen molar-refractivity contribution in [2.24, 2.45) is 0 Å². The molecule has 142 valence electrons. The molecule has 2 aromatic rings. The minimum atomic E-state index is -0.245. The first-order chi connectivity index (χ1) is 13.1. The molecule has 0 bridgehead atoms. The van der Waals surface area contributed by atoms with Gasteiger partial charge >= 0.3 is 0 Å². The zero-order valence-corrected chi connectivity index (χ0v) is 16.7. The van der Waals surface area contributed by atoms with Crippen molar-refractivity contribution in [3.8, 4) is 5.75 Å². The van der Waals surface area contributed by atoms with Crippen LogP contribution in [-0.2, 0) is 4.79 Å². The number of anilines is 1. The number of amides is 2. The van der Waals surface area contributed by atoms with Crippen LogP contribution in [0, 0.1) is 0 Å². The van der Waals surface area contributed by atoms with Gasteiger partial charge in [-0.3, -0.25) is 9.59 Å². The topological polar surface area (TPSA) is 61.9 Å². The van der Waals surface area contributed by atoms with Crippen LogP contribution in [0.2, 0.25) is 0 Å². The van der Waals surface area contributed by atoms with Gasteiger partial charge in [-0.2, -0.15) is 0 Å². The van der Waals surface area contributed by atoms with Crippen molar-refractivity contribution in [2.75, 3.05) is 44.7 Å². The summed E-state index contributed by atoms with van der Waals surface area (Å²) in [5.41, 5.74) is 1.62. The van der Waals surface area contributed by atoms with E-state index >= 15 is 0 Å². The second-order valence-electron chi connectivity index (χ2n) is 6.26. The van der Waals surface area contributed by atoms with Gasteiger partial charge < -0.3 is 19.9 Å². The highest BCUT2D eigenvalue weighted by Gasteiger charge is 2.22. The molecule has 6 nitrogen and oxygen atoms in total. The molecule has 1 saturated heterocycles. The standard InChI is InChI=1S/C20H22BrN3O3/c1-27-18-4-2-3-17(13-18)23-9-11-24(12-10-23)19(25)14-22-20(26)15-5-7-16(21)8-6-15/h2-8,13H,9-12,14H2,1H3,(H,22,26). The Morgan fingerprint density at radius 2 is 1.78 bits per heavy atom. The van der Waals surface area contributed by atoms with E-state index in [1.807, 2.05) is 24.3 Å². The van der Waals surface area contributed by atoms with Gasteiger partial charge in [0.15, 0.2) is 0 Å². The number of nitrogens with one attached hydrogen (secondary N) is 1. The van der Waals surface area contributed by atoms with E-state index in [-0.39, 0.29) is 18.4 Å². The Balaban J connectivity index is 1.48. The summed E-state index contributed by atoms with van der Waals surface area (Å²) in [5.74, 6) is 0.512. The Morgan fingerprint density at radius 1 is 1.07 bits per heavy atom. The number of carbonyl (C=O) groups excluding carboxylic acids is 2. The second kappa shape index (κ2) is 8.90. The van der Waals surface area contributed by atoms with Crippen molar-refractivity contribution < 1.29 is 14.3 Å². The van der Waals surface area contributed by atoms with Gasteiger partial charge in [0, 0.05) is 48.0 Å². The van der Waals surface area contributed by atoms with Crippen molar-refractivity contribution in [3.63, 3.8) is 0 Å². The van der Waals surface area contributed by atoms with Crippen LogP contribution in [0.25, 0.3) is 0 Å². The zero-order valence-electron chi connectivity index (χ0n) is 15.2. The third kappa shape index (κ3) is 5.01. The molecule has 1 aliphatic heterocycles. The lowest BCUT2D eigenvalue weighted by Crippen LogP contribution is -2.51. The number of rotatable bonds is 5. The Bertz CT molecular complexity index is 802. The highest BCUT2D eigenvalue weighted by molar-refractivity contribution is 9.10. The molecule has 0 spiro atoms. The number of carbonyl (C=O) groups is 2.